The topological polar surface area (TPSA) is 44.1 Å². The van der Waals surface area contributed by atoms with Crippen LogP contribution in [0.2, 0.25) is 0 Å². The molecule has 0 aromatic heterocycles. The number of nitriles is 1. The standard InChI is InChI=1S/C12H10F2N2O/c1-16(2)7-8(6-15)12(17)10-4-3-9(13)5-11(10)14/h3-5,7H,1-2H3/b8-7-. The molecule has 0 atom stereocenters. The minimum absolute atomic E-state index is 0.208. The van der Waals surface area contributed by atoms with Crippen molar-refractivity contribution in [3.63, 3.8) is 0 Å². The molecule has 5 heteroatoms. The summed E-state index contributed by atoms with van der Waals surface area (Å²) in [5.41, 5.74) is -0.526. The van der Waals surface area contributed by atoms with Crippen LogP contribution in [0.15, 0.2) is 30.0 Å². The second-order valence-electron chi connectivity index (χ2n) is 3.57. The second kappa shape index (κ2) is 5.21. The summed E-state index contributed by atoms with van der Waals surface area (Å²) in [6.45, 7) is 0. The Hall–Kier alpha value is -2.22. The van der Waals surface area contributed by atoms with Gasteiger partial charge in [0.25, 0.3) is 0 Å². The summed E-state index contributed by atoms with van der Waals surface area (Å²) >= 11 is 0. The Morgan fingerprint density at radius 1 is 1.41 bits per heavy atom. The van der Waals surface area contributed by atoms with E-state index >= 15 is 0 Å². The number of ketones is 1. The summed E-state index contributed by atoms with van der Waals surface area (Å²) in [5, 5.41) is 8.79. The third-order valence-electron chi connectivity index (χ3n) is 1.93. The van der Waals surface area contributed by atoms with Crippen molar-refractivity contribution >= 4 is 5.78 Å². The van der Waals surface area contributed by atoms with Gasteiger partial charge in [0.05, 0.1) is 5.56 Å². The predicted octanol–water partition coefficient (Wildman–Crippen LogP) is 2.12. The van der Waals surface area contributed by atoms with Gasteiger partial charge in [0, 0.05) is 26.4 Å². The van der Waals surface area contributed by atoms with E-state index in [0.29, 0.717) is 6.07 Å². The number of carbonyl (C=O) groups is 1. The maximum absolute atomic E-state index is 13.3. The molecule has 0 aliphatic rings. The summed E-state index contributed by atoms with van der Waals surface area (Å²) in [7, 11) is 3.26. The maximum atomic E-state index is 13.3. The molecule has 0 aliphatic heterocycles. The third kappa shape index (κ3) is 3.11. The van der Waals surface area contributed by atoms with Crippen LogP contribution in [-0.2, 0) is 0 Å². The van der Waals surface area contributed by atoms with Crippen molar-refractivity contribution < 1.29 is 13.6 Å². The summed E-state index contributed by atoms with van der Waals surface area (Å²) in [5.74, 6) is -2.51. The number of hydrogen-bond acceptors (Lipinski definition) is 3. The first kappa shape index (κ1) is 12.8. The van der Waals surface area contributed by atoms with Gasteiger partial charge in [-0.2, -0.15) is 5.26 Å². The van der Waals surface area contributed by atoms with Crippen molar-refractivity contribution in [1.82, 2.24) is 4.90 Å². The fourth-order valence-electron chi connectivity index (χ4n) is 1.22. The summed E-state index contributed by atoms with van der Waals surface area (Å²) < 4.78 is 26.0. The van der Waals surface area contributed by atoms with Gasteiger partial charge in [-0.25, -0.2) is 8.78 Å². The number of rotatable bonds is 3. The Morgan fingerprint density at radius 2 is 2.06 bits per heavy atom. The average Bonchev–Trinajstić information content (AvgIpc) is 2.24. The van der Waals surface area contributed by atoms with Crippen LogP contribution >= 0.6 is 0 Å². The zero-order valence-corrected chi connectivity index (χ0v) is 9.37. The highest BCUT2D eigenvalue weighted by atomic mass is 19.1. The molecule has 17 heavy (non-hydrogen) atoms. The molecule has 0 aliphatic carbocycles. The zero-order chi connectivity index (χ0) is 13.0. The quantitative estimate of drug-likeness (QED) is 0.458. The number of Topliss-reactive ketones (excluding diaryl/α,β-unsaturated/α-hetero) is 1. The fraction of sp³-hybridized carbons (Fsp3) is 0.167. The molecule has 88 valence electrons. The van der Waals surface area contributed by atoms with Crippen LogP contribution in [0.5, 0.6) is 0 Å². The molecule has 0 spiro atoms. The smallest absolute Gasteiger partial charge is 0.207 e. The zero-order valence-electron chi connectivity index (χ0n) is 9.37. The minimum Gasteiger partial charge on any atom is -0.382 e. The van der Waals surface area contributed by atoms with Crippen LogP contribution in [0, 0.1) is 23.0 Å². The van der Waals surface area contributed by atoms with Crippen molar-refractivity contribution in [3.8, 4) is 6.07 Å². The molecule has 0 bridgehead atoms. The van der Waals surface area contributed by atoms with Crippen LogP contribution < -0.4 is 0 Å². The molecule has 0 fully saturated rings. The molecule has 1 aromatic rings. The Labute approximate surface area is 97.6 Å². The van der Waals surface area contributed by atoms with Gasteiger partial charge in [-0.15, -0.1) is 0 Å². The molecular weight excluding hydrogens is 226 g/mol. The van der Waals surface area contributed by atoms with Gasteiger partial charge in [0.15, 0.2) is 0 Å². The molecule has 1 aromatic carbocycles. The van der Waals surface area contributed by atoms with E-state index in [9.17, 15) is 13.6 Å². The van der Waals surface area contributed by atoms with Gasteiger partial charge in [-0.3, -0.25) is 4.79 Å². The minimum atomic E-state index is -0.977. The molecule has 0 amide bonds. The number of carbonyl (C=O) groups excluding carboxylic acids is 1. The Morgan fingerprint density at radius 3 is 2.53 bits per heavy atom. The van der Waals surface area contributed by atoms with E-state index < -0.39 is 17.4 Å². The fourth-order valence-corrected chi connectivity index (χ4v) is 1.22. The summed E-state index contributed by atoms with van der Waals surface area (Å²) in [6.07, 6.45) is 1.28. The molecule has 0 saturated heterocycles. The van der Waals surface area contributed by atoms with Gasteiger partial charge in [-0.05, 0) is 12.1 Å². The number of nitrogens with zero attached hydrogens (tertiary/aromatic N) is 2. The van der Waals surface area contributed by atoms with Gasteiger partial charge in [-0.1, -0.05) is 0 Å². The first-order chi connectivity index (χ1) is 7.95. The van der Waals surface area contributed by atoms with Crippen molar-refractivity contribution in [3.05, 3.63) is 47.2 Å². The lowest BCUT2D eigenvalue weighted by Crippen LogP contribution is -2.10. The molecule has 0 unspecified atom stereocenters. The van der Waals surface area contributed by atoms with Gasteiger partial charge in [0.1, 0.15) is 23.3 Å². The maximum Gasteiger partial charge on any atom is 0.207 e. The highest BCUT2D eigenvalue weighted by Crippen LogP contribution is 2.14. The van der Waals surface area contributed by atoms with Crippen LogP contribution in [-0.4, -0.2) is 24.8 Å². The van der Waals surface area contributed by atoms with E-state index in [1.807, 2.05) is 0 Å². The summed E-state index contributed by atoms with van der Waals surface area (Å²) in [4.78, 5) is 13.3. The van der Waals surface area contributed by atoms with Crippen LogP contribution in [0.25, 0.3) is 0 Å². The first-order valence-electron chi connectivity index (χ1n) is 4.74. The molecule has 0 radical (unpaired) electrons. The van der Waals surface area contributed by atoms with Crippen LogP contribution in [0.4, 0.5) is 8.78 Å². The average molecular weight is 236 g/mol. The molecule has 0 N–H and O–H groups in total. The van der Waals surface area contributed by atoms with Gasteiger partial charge < -0.3 is 4.90 Å². The third-order valence-corrected chi connectivity index (χ3v) is 1.93. The SMILES string of the molecule is CN(C)/C=C(/C#N)C(=O)c1ccc(F)cc1F. The predicted molar refractivity (Wildman–Crippen MR) is 58.1 cm³/mol. The molecule has 3 nitrogen and oxygen atoms in total. The lowest BCUT2D eigenvalue weighted by atomic mass is 10.0. The molecule has 0 saturated carbocycles. The van der Waals surface area contributed by atoms with E-state index in [1.54, 1.807) is 20.2 Å². The van der Waals surface area contributed by atoms with Crippen molar-refractivity contribution in [1.29, 1.82) is 5.26 Å². The van der Waals surface area contributed by atoms with Crippen LogP contribution in [0.3, 0.4) is 0 Å². The van der Waals surface area contributed by atoms with E-state index in [0.717, 1.165) is 12.1 Å². The Kier molecular flexibility index (Phi) is 3.94. The van der Waals surface area contributed by atoms with Gasteiger partial charge in [0.2, 0.25) is 5.78 Å². The Bertz CT molecular complexity index is 516. The number of halogens is 2. The molecule has 1 rings (SSSR count). The number of hydrogen-bond donors (Lipinski definition) is 0. The summed E-state index contributed by atoms with van der Waals surface area (Å²) in [6, 6.07) is 4.29. The highest BCUT2D eigenvalue weighted by molar-refractivity contribution is 6.11. The largest absolute Gasteiger partial charge is 0.382 e. The number of allylic oxidation sites excluding steroid dienone is 1. The second-order valence-corrected chi connectivity index (χ2v) is 3.57. The lowest BCUT2D eigenvalue weighted by molar-refractivity contribution is 0.103. The molecule has 0 heterocycles. The van der Waals surface area contributed by atoms with Crippen LogP contribution in [0.1, 0.15) is 10.4 Å². The molecular formula is C12H10F2N2O. The lowest BCUT2D eigenvalue weighted by Gasteiger charge is -2.06. The highest BCUT2D eigenvalue weighted by Gasteiger charge is 2.17. The normalized spacial score (nSPS) is 10.9. The van der Waals surface area contributed by atoms with Crippen molar-refractivity contribution in [2.45, 2.75) is 0 Å². The first-order valence-corrected chi connectivity index (χ1v) is 4.74. The van der Waals surface area contributed by atoms with E-state index in [-0.39, 0.29) is 11.1 Å². The van der Waals surface area contributed by atoms with E-state index in [2.05, 4.69) is 0 Å². The monoisotopic (exact) mass is 236 g/mol. The Balaban J connectivity index is 3.17. The number of benzene rings is 1. The van der Waals surface area contributed by atoms with E-state index in [1.165, 1.54) is 11.1 Å². The van der Waals surface area contributed by atoms with Crippen molar-refractivity contribution in [2.24, 2.45) is 0 Å². The van der Waals surface area contributed by atoms with Crippen molar-refractivity contribution in [2.75, 3.05) is 14.1 Å². The van der Waals surface area contributed by atoms with Gasteiger partial charge >= 0.3 is 0 Å². The van der Waals surface area contributed by atoms with E-state index in [4.69, 9.17) is 5.26 Å².